The number of nitro benzene ring substituents is 1. The molecule has 0 aliphatic rings. The second-order valence-corrected chi connectivity index (χ2v) is 2.72. The molecule has 0 bridgehead atoms. The van der Waals surface area contributed by atoms with Crippen LogP contribution in [0.3, 0.4) is 0 Å². The summed E-state index contributed by atoms with van der Waals surface area (Å²) in [4.78, 5) is 19.9. The minimum Gasteiger partial charge on any atom is -0.464 e. The Morgan fingerprint density at radius 2 is 2.00 bits per heavy atom. The SMILES string of the molecule is NC(=NNC(=O)O)c1ccc([N+](=O)[O-])cc1. The lowest BCUT2D eigenvalue weighted by Gasteiger charge is -1.99. The van der Waals surface area contributed by atoms with Crippen LogP contribution in [-0.2, 0) is 0 Å². The lowest BCUT2D eigenvalue weighted by molar-refractivity contribution is -0.384. The summed E-state index contributed by atoms with van der Waals surface area (Å²) in [5, 5.41) is 22.0. The fourth-order valence-corrected chi connectivity index (χ4v) is 0.927. The maximum absolute atomic E-state index is 10.4. The van der Waals surface area contributed by atoms with Crippen molar-refractivity contribution in [3.8, 4) is 0 Å². The van der Waals surface area contributed by atoms with Gasteiger partial charge in [0.15, 0.2) is 5.84 Å². The Bertz CT molecular complexity index is 440. The Morgan fingerprint density at radius 3 is 2.44 bits per heavy atom. The van der Waals surface area contributed by atoms with Crippen LogP contribution in [0, 0.1) is 10.1 Å². The quantitative estimate of drug-likeness (QED) is 0.297. The molecule has 84 valence electrons. The van der Waals surface area contributed by atoms with Crippen LogP contribution in [-0.4, -0.2) is 22.0 Å². The lowest BCUT2D eigenvalue weighted by atomic mass is 10.2. The molecule has 0 radical (unpaired) electrons. The molecule has 0 aliphatic carbocycles. The molecule has 8 nitrogen and oxygen atoms in total. The Labute approximate surface area is 89.5 Å². The monoisotopic (exact) mass is 224 g/mol. The number of nitrogens with zero attached hydrogens (tertiary/aromatic N) is 2. The van der Waals surface area contributed by atoms with E-state index in [1.54, 1.807) is 5.43 Å². The molecule has 1 rings (SSSR count). The van der Waals surface area contributed by atoms with Gasteiger partial charge in [-0.25, -0.2) is 10.2 Å². The van der Waals surface area contributed by atoms with Crippen LogP contribution in [0.15, 0.2) is 29.4 Å². The second-order valence-electron chi connectivity index (χ2n) is 2.72. The third-order valence-corrected chi connectivity index (χ3v) is 1.65. The molecule has 1 aromatic rings. The topological polar surface area (TPSA) is 131 Å². The maximum Gasteiger partial charge on any atom is 0.425 e. The highest BCUT2D eigenvalue weighted by Crippen LogP contribution is 2.11. The van der Waals surface area contributed by atoms with E-state index in [9.17, 15) is 14.9 Å². The third kappa shape index (κ3) is 2.94. The number of hydrogen-bond acceptors (Lipinski definition) is 4. The van der Waals surface area contributed by atoms with Gasteiger partial charge in [0.25, 0.3) is 5.69 Å². The highest BCUT2D eigenvalue weighted by Gasteiger charge is 2.05. The summed E-state index contributed by atoms with van der Waals surface area (Å²) < 4.78 is 0. The summed E-state index contributed by atoms with van der Waals surface area (Å²) in [6, 6.07) is 5.25. The van der Waals surface area contributed by atoms with Crippen LogP contribution >= 0.6 is 0 Å². The first-order chi connectivity index (χ1) is 7.50. The zero-order valence-corrected chi connectivity index (χ0v) is 7.95. The van der Waals surface area contributed by atoms with Crippen LogP contribution in [0.25, 0.3) is 0 Å². The first-order valence-electron chi connectivity index (χ1n) is 4.07. The normalized spacial score (nSPS) is 10.9. The van der Waals surface area contributed by atoms with Crippen molar-refractivity contribution in [1.82, 2.24) is 5.43 Å². The summed E-state index contributed by atoms with van der Waals surface area (Å²) in [5.41, 5.74) is 7.46. The molecule has 0 saturated carbocycles. The summed E-state index contributed by atoms with van der Waals surface area (Å²) in [6.07, 6.45) is -1.34. The molecule has 0 fully saturated rings. The smallest absolute Gasteiger partial charge is 0.425 e. The largest absolute Gasteiger partial charge is 0.464 e. The number of hydrogen-bond donors (Lipinski definition) is 3. The summed E-state index contributed by atoms with van der Waals surface area (Å²) >= 11 is 0. The van der Waals surface area contributed by atoms with E-state index in [1.165, 1.54) is 24.3 Å². The van der Waals surface area contributed by atoms with Crippen LogP contribution < -0.4 is 11.2 Å². The van der Waals surface area contributed by atoms with Gasteiger partial charge in [0, 0.05) is 17.7 Å². The van der Waals surface area contributed by atoms with Gasteiger partial charge in [-0.05, 0) is 12.1 Å². The van der Waals surface area contributed by atoms with Crippen LogP contribution in [0.5, 0.6) is 0 Å². The number of nitrogens with two attached hydrogens (primary N) is 1. The number of rotatable bonds is 3. The second kappa shape index (κ2) is 4.73. The van der Waals surface area contributed by atoms with E-state index in [1.807, 2.05) is 0 Å². The molecule has 4 N–H and O–H groups in total. The van der Waals surface area contributed by atoms with E-state index in [-0.39, 0.29) is 11.5 Å². The Hall–Kier alpha value is -2.64. The lowest BCUT2D eigenvalue weighted by Crippen LogP contribution is -2.22. The summed E-state index contributed by atoms with van der Waals surface area (Å²) in [6.45, 7) is 0. The molecule has 0 saturated heterocycles. The number of nitrogens with one attached hydrogen (secondary N) is 1. The molecular formula is C8H8N4O4. The van der Waals surface area contributed by atoms with Crippen molar-refractivity contribution in [2.24, 2.45) is 10.8 Å². The molecule has 0 aliphatic heterocycles. The number of carboxylic acid groups (broad SMARTS) is 1. The van der Waals surface area contributed by atoms with Crippen molar-refractivity contribution in [2.45, 2.75) is 0 Å². The van der Waals surface area contributed by atoms with Crippen LogP contribution in [0.1, 0.15) is 5.56 Å². The highest BCUT2D eigenvalue weighted by molar-refractivity contribution is 5.97. The number of carbonyl (C=O) groups is 1. The Balaban J connectivity index is 2.85. The van der Waals surface area contributed by atoms with Crippen molar-refractivity contribution in [3.05, 3.63) is 39.9 Å². The van der Waals surface area contributed by atoms with E-state index in [0.717, 1.165) is 0 Å². The van der Waals surface area contributed by atoms with E-state index in [4.69, 9.17) is 10.8 Å². The van der Waals surface area contributed by atoms with E-state index in [0.29, 0.717) is 5.56 Å². The number of hydrazone groups is 1. The van der Waals surface area contributed by atoms with Gasteiger partial charge in [0.05, 0.1) is 4.92 Å². The van der Waals surface area contributed by atoms with Gasteiger partial charge in [0.1, 0.15) is 0 Å². The molecule has 1 aromatic carbocycles. The van der Waals surface area contributed by atoms with Crippen molar-refractivity contribution in [1.29, 1.82) is 0 Å². The van der Waals surface area contributed by atoms with Gasteiger partial charge in [-0.15, -0.1) is 0 Å². The van der Waals surface area contributed by atoms with Crippen molar-refractivity contribution in [2.75, 3.05) is 0 Å². The minimum atomic E-state index is -1.34. The fourth-order valence-electron chi connectivity index (χ4n) is 0.927. The number of nitro groups is 1. The molecule has 0 unspecified atom stereocenters. The van der Waals surface area contributed by atoms with Gasteiger partial charge < -0.3 is 10.8 Å². The fraction of sp³-hybridized carbons (Fsp3) is 0. The average Bonchev–Trinajstić information content (AvgIpc) is 2.26. The maximum atomic E-state index is 10.4. The average molecular weight is 224 g/mol. The summed E-state index contributed by atoms with van der Waals surface area (Å²) in [5.74, 6) is -0.0719. The third-order valence-electron chi connectivity index (χ3n) is 1.65. The number of benzene rings is 1. The molecular weight excluding hydrogens is 216 g/mol. The standard InChI is InChI=1S/C8H8N4O4/c9-7(10-11-8(13)14)5-1-3-6(4-2-5)12(15)16/h1-4,11H,(H2,9,10)(H,13,14). The Morgan fingerprint density at radius 1 is 1.44 bits per heavy atom. The first kappa shape index (κ1) is 11.4. The van der Waals surface area contributed by atoms with Crippen molar-refractivity contribution >= 4 is 17.6 Å². The predicted molar refractivity (Wildman–Crippen MR) is 55.0 cm³/mol. The zero-order chi connectivity index (χ0) is 12.1. The van der Waals surface area contributed by atoms with E-state index < -0.39 is 11.0 Å². The van der Waals surface area contributed by atoms with Crippen LogP contribution in [0.4, 0.5) is 10.5 Å². The van der Waals surface area contributed by atoms with Gasteiger partial charge in [-0.1, -0.05) is 0 Å². The molecule has 0 spiro atoms. The summed E-state index contributed by atoms with van der Waals surface area (Å²) in [7, 11) is 0. The van der Waals surface area contributed by atoms with Gasteiger partial charge in [0.2, 0.25) is 0 Å². The number of amidine groups is 1. The minimum absolute atomic E-state index is 0.0719. The molecule has 0 aromatic heterocycles. The van der Waals surface area contributed by atoms with Gasteiger partial charge in [-0.2, -0.15) is 5.10 Å². The molecule has 0 atom stereocenters. The van der Waals surface area contributed by atoms with Gasteiger partial charge >= 0.3 is 6.09 Å². The predicted octanol–water partition coefficient (Wildman–Crippen LogP) is 0.483. The highest BCUT2D eigenvalue weighted by atomic mass is 16.6. The zero-order valence-electron chi connectivity index (χ0n) is 7.95. The first-order valence-corrected chi connectivity index (χ1v) is 4.07. The van der Waals surface area contributed by atoms with Gasteiger partial charge in [-0.3, -0.25) is 10.1 Å². The van der Waals surface area contributed by atoms with Crippen LogP contribution in [0.2, 0.25) is 0 Å². The van der Waals surface area contributed by atoms with E-state index >= 15 is 0 Å². The molecule has 8 heteroatoms. The number of amides is 1. The molecule has 0 heterocycles. The molecule has 16 heavy (non-hydrogen) atoms. The number of non-ortho nitro benzene ring substituents is 1. The van der Waals surface area contributed by atoms with Crippen molar-refractivity contribution in [3.63, 3.8) is 0 Å². The van der Waals surface area contributed by atoms with E-state index in [2.05, 4.69) is 5.10 Å². The molecule has 1 amide bonds. The Kier molecular flexibility index (Phi) is 3.38. The van der Waals surface area contributed by atoms with Crippen molar-refractivity contribution < 1.29 is 14.8 Å².